The SMILES string of the molecule is COc1ccc(C=Cc2cc(OC)c(OC)c(OC)c2)c(O)c1Br. The Balaban J connectivity index is 2.41. The van der Waals surface area contributed by atoms with Crippen molar-refractivity contribution >= 4 is 28.1 Å². The first kappa shape index (κ1) is 18.0. The summed E-state index contributed by atoms with van der Waals surface area (Å²) < 4.78 is 21.6. The van der Waals surface area contributed by atoms with E-state index in [1.165, 1.54) is 0 Å². The van der Waals surface area contributed by atoms with Crippen LogP contribution in [0.15, 0.2) is 28.7 Å². The summed E-state index contributed by atoms with van der Waals surface area (Å²) in [5, 5.41) is 10.2. The molecule has 2 aromatic carbocycles. The molecule has 0 saturated carbocycles. The van der Waals surface area contributed by atoms with Gasteiger partial charge in [-0.05, 0) is 45.8 Å². The fourth-order valence-corrected chi connectivity index (χ4v) is 2.76. The van der Waals surface area contributed by atoms with Gasteiger partial charge in [-0.25, -0.2) is 0 Å². The third-order valence-electron chi connectivity index (χ3n) is 3.47. The Labute approximate surface area is 149 Å². The van der Waals surface area contributed by atoms with E-state index in [0.717, 1.165) is 5.56 Å². The Morgan fingerprint density at radius 1 is 0.833 bits per heavy atom. The van der Waals surface area contributed by atoms with Crippen molar-refractivity contribution in [2.24, 2.45) is 0 Å². The minimum Gasteiger partial charge on any atom is -0.506 e. The van der Waals surface area contributed by atoms with Gasteiger partial charge in [-0.2, -0.15) is 0 Å². The molecule has 0 spiro atoms. The normalized spacial score (nSPS) is 10.7. The Hall–Kier alpha value is -2.34. The van der Waals surface area contributed by atoms with Gasteiger partial charge in [0.05, 0.1) is 28.4 Å². The van der Waals surface area contributed by atoms with Crippen molar-refractivity contribution in [2.75, 3.05) is 28.4 Å². The highest BCUT2D eigenvalue weighted by molar-refractivity contribution is 9.10. The number of phenolic OH excluding ortho intramolecular Hbond substituents is 1. The van der Waals surface area contributed by atoms with Gasteiger partial charge in [0.25, 0.3) is 0 Å². The zero-order chi connectivity index (χ0) is 17.7. The number of hydrogen-bond donors (Lipinski definition) is 1. The first-order valence-corrected chi connectivity index (χ1v) is 7.88. The van der Waals surface area contributed by atoms with E-state index < -0.39 is 0 Å². The van der Waals surface area contributed by atoms with E-state index in [1.807, 2.05) is 18.2 Å². The maximum Gasteiger partial charge on any atom is 0.203 e. The lowest BCUT2D eigenvalue weighted by molar-refractivity contribution is 0.324. The van der Waals surface area contributed by atoms with Crippen LogP contribution >= 0.6 is 15.9 Å². The van der Waals surface area contributed by atoms with E-state index in [0.29, 0.717) is 33.0 Å². The first-order valence-electron chi connectivity index (χ1n) is 7.09. The summed E-state index contributed by atoms with van der Waals surface area (Å²) in [6, 6.07) is 7.20. The predicted molar refractivity (Wildman–Crippen MR) is 97.4 cm³/mol. The van der Waals surface area contributed by atoms with Gasteiger partial charge in [-0.3, -0.25) is 0 Å². The molecule has 0 radical (unpaired) electrons. The molecule has 0 heterocycles. The van der Waals surface area contributed by atoms with E-state index in [2.05, 4.69) is 15.9 Å². The molecule has 0 atom stereocenters. The number of benzene rings is 2. The van der Waals surface area contributed by atoms with Gasteiger partial charge in [0.2, 0.25) is 5.75 Å². The van der Waals surface area contributed by atoms with Crippen LogP contribution in [0.3, 0.4) is 0 Å². The second kappa shape index (κ2) is 7.97. The largest absolute Gasteiger partial charge is 0.506 e. The van der Waals surface area contributed by atoms with Crippen molar-refractivity contribution in [1.82, 2.24) is 0 Å². The smallest absolute Gasteiger partial charge is 0.203 e. The van der Waals surface area contributed by atoms with Gasteiger partial charge in [0.15, 0.2) is 11.5 Å². The summed E-state index contributed by atoms with van der Waals surface area (Å²) in [5.74, 6) is 2.34. The second-order valence-corrected chi connectivity index (χ2v) is 5.60. The van der Waals surface area contributed by atoms with Crippen LogP contribution in [0, 0.1) is 0 Å². The molecule has 0 aliphatic carbocycles. The predicted octanol–water partition coefficient (Wildman–Crippen LogP) is 4.36. The lowest BCUT2D eigenvalue weighted by atomic mass is 10.1. The lowest BCUT2D eigenvalue weighted by Gasteiger charge is -2.13. The Bertz CT molecular complexity index is 730. The second-order valence-electron chi connectivity index (χ2n) is 4.81. The quantitative estimate of drug-likeness (QED) is 0.737. The van der Waals surface area contributed by atoms with Crippen LogP contribution in [-0.4, -0.2) is 33.5 Å². The van der Waals surface area contributed by atoms with Crippen LogP contribution in [0.25, 0.3) is 12.2 Å². The topological polar surface area (TPSA) is 57.2 Å². The monoisotopic (exact) mass is 394 g/mol. The third-order valence-corrected chi connectivity index (χ3v) is 4.24. The fraction of sp³-hybridized carbons (Fsp3) is 0.222. The van der Waals surface area contributed by atoms with Crippen molar-refractivity contribution in [2.45, 2.75) is 0 Å². The molecule has 2 aromatic rings. The molecule has 0 fully saturated rings. The molecule has 1 N–H and O–H groups in total. The van der Waals surface area contributed by atoms with Crippen molar-refractivity contribution < 1.29 is 24.1 Å². The van der Waals surface area contributed by atoms with Crippen LogP contribution in [0.4, 0.5) is 0 Å². The number of ether oxygens (including phenoxy) is 4. The number of halogens is 1. The summed E-state index contributed by atoms with van der Waals surface area (Å²) in [4.78, 5) is 0. The summed E-state index contributed by atoms with van der Waals surface area (Å²) in [5.41, 5.74) is 1.49. The Morgan fingerprint density at radius 2 is 1.42 bits per heavy atom. The van der Waals surface area contributed by atoms with Crippen molar-refractivity contribution in [3.63, 3.8) is 0 Å². The van der Waals surface area contributed by atoms with Crippen LogP contribution in [-0.2, 0) is 0 Å². The van der Waals surface area contributed by atoms with Gasteiger partial charge in [0, 0.05) is 5.56 Å². The molecular formula is C18H19BrO5. The Morgan fingerprint density at radius 3 is 1.92 bits per heavy atom. The fourth-order valence-electron chi connectivity index (χ4n) is 2.24. The average Bonchev–Trinajstić information content (AvgIpc) is 2.61. The van der Waals surface area contributed by atoms with Gasteiger partial charge in [-0.15, -0.1) is 0 Å². The zero-order valence-corrected chi connectivity index (χ0v) is 15.5. The molecule has 0 amide bonds. The van der Waals surface area contributed by atoms with Crippen LogP contribution < -0.4 is 18.9 Å². The number of phenols is 1. The highest BCUT2D eigenvalue weighted by Crippen LogP contribution is 2.40. The zero-order valence-electron chi connectivity index (χ0n) is 13.9. The van der Waals surface area contributed by atoms with Crippen LogP contribution in [0.5, 0.6) is 28.7 Å². The first-order chi connectivity index (χ1) is 11.5. The van der Waals surface area contributed by atoms with Gasteiger partial charge in [-0.1, -0.05) is 12.2 Å². The molecule has 0 bridgehead atoms. The maximum absolute atomic E-state index is 10.2. The molecule has 5 nitrogen and oxygen atoms in total. The number of rotatable bonds is 6. The average molecular weight is 395 g/mol. The summed E-state index contributed by atoms with van der Waals surface area (Å²) in [6.07, 6.45) is 3.64. The molecular weight excluding hydrogens is 376 g/mol. The molecule has 0 saturated heterocycles. The molecule has 0 aliphatic heterocycles. The van der Waals surface area contributed by atoms with Crippen molar-refractivity contribution in [1.29, 1.82) is 0 Å². The molecule has 128 valence electrons. The van der Waals surface area contributed by atoms with Gasteiger partial charge in [0.1, 0.15) is 16.0 Å². The number of aromatic hydroxyl groups is 1. The van der Waals surface area contributed by atoms with E-state index in [1.54, 1.807) is 46.6 Å². The summed E-state index contributed by atoms with van der Waals surface area (Å²) in [7, 11) is 6.24. The number of methoxy groups -OCH3 is 4. The van der Waals surface area contributed by atoms with E-state index in [4.69, 9.17) is 18.9 Å². The minimum absolute atomic E-state index is 0.109. The molecule has 0 aliphatic rings. The molecule has 0 unspecified atom stereocenters. The number of hydrogen-bond acceptors (Lipinski definition) is 5. The molecule has 2 rings (SSSR count). The summed E-state index contributed by atoms with van der Waals surface area (Å²) >= 11 is 3.32. The third kappa shape index (κ3) is 3.59. The van der Waals surface area contributed by atoms with Gasteiger partial charge >= 0.3 is 0 Å². The highest BCUT2D eigenvalue weighted by atomic mass is 79.9. The lowest BCUT2D eigenvalue weighted by Crippen LogP contribution is -1.95. The standard InChI is InChI=1S/C18H19BrO5/c1-21-13-8-7-12(17(20)16(13)19)6-5-11-9-14(22-2)18(24-4)15(10-11)23-3/h5-10,20H,1-4H3. The minimum atomic E-state index is 0.109. The molecule has 24 heavy (non-hydrogen) atoms. The highest BCUT2D eigenvalue weighted by Gasteiger charge is 2.13. The van der Waals surface area contributed by atoms with E-state index in [9.17, 15) is 5.11 Å². The van der Waals surface area contributed by atoms with Crippen LogP contribution in [0.2, 0.25) is 0 Å². The maximum atomic E-state index is 10.2. The van der Waals surface area contributed by atoms with E-state index >= 15 is 0 Å². The van der Waals surface area contributed by atoms with Crippen LogP contribution in [0.1, 0.15) is 11.1 Å². The molecule has 6 heteroatoms. The Kier molecular flexibility index (Phi) is 5.98. The van der Waals surface area contributed by atoms with Crippen molar-refractivity contribution in [3.05, 3.63) is 39.9 Å². The van der Waals surface area contributed by atoms with Crippen molar-refractivity contribution in [3.8, 4) is 28.7 Å². The van der Waals surface area contributed by atoms with Gasteiger partial charge < -0.3 is 24.1 Å². The van der Waals surface area contributed by atoms with E-state index in [-0.39, 0.29) is 5.75 Å². The summed E-state index contributed by atoms with van der Waals surface area (Å²) in [6.45, 7) is 0. The molecule has 0 aromatic heterocycles.